The lowest BCUT2D eigenvalue weighted by molar-refractivity contribution is -0.122. The molecule has 1 aromatic rings. The monoisotopic (exact) mass is 225 g/mol. The van der Waals surface area contributed by atoms with Crippen molar-refractivity contribution >= 4 is 17.2 Å². The van der Waals surface area contributed by atoms with E-state index in [1.165, 1.54) is 24.2 Å². The minimum absolute atomic E-state index is 0.0267. The summed E-state index contributed by atoms with van der Waals surface area (Å²) in [6, 6.07) is 0.367. The van der Waals surface area contributed by atoms with E-state index >= 15 is 0 Å². The third-order valence-corrected chi connectivity index (χ3v) is 3.43. The molecular weight excluding hydrogens is 210 g/mol. The summed E-state index contributed by atoms with van der Waals surface area (Å²) in [6.07, 6.45) is 6.43. The number of rotatable bonds is 3. The molecule has 0 saturated heterocycles. The molecule has 1 heterocycles. The number of nitrogens with zero attached hydrogens (tertiary/aromatic N) is 1. The normalized spacial score (nSPS) is 16.8. The lowest BCUT2D eigenvalue weighted by Crippen LogP contribution is -2.36. The maximum absolute atomic E-state index is 11.6. The summed E-state index contributed by atoms with van der Waals surface area (Å²) in [5.41, 5.74) is 0. The molecule has 1 saturated carbocycles. The molecule has 5 heteroatoms. The summed E-state index contributed by atoms with van der Waals surface area (Å²) >= 11 is 1.34. The molecule has 0 unspecified atom stereocenters. The van der Waals surface area contributed by atoms with Crippen molar-refractivity contribution in [3.05, 3.63) is 16.4 Å². The molecule has 0 bridgehead atoms. The largest absolute Gasteiger partial charge is 0.352 e. The van der Waals surface area contributed by atoms with E-state index < -0.39 is 0 Å². The topological polar surface area (TPSA) is 57.9 Å². The summed E-state index contributed by atoms with van der Waals surface area (Å²) in [4.78, 5) is 12.0. The van der Waals surface area contributed by atoms with Gasteiger partial charge in [-0.25, -0.2) is 0 Å². The van der Waals surface area contributed by atoms with Crippen LogP contribution in [0.4, 0.5) is 0 Å². The van der Waals surface area contributed by atoms with Crippen molar-refractivity contribution in [3.8, 4) is 0 Å². The van der Waals surface area contributed by atoms with Crippen LogP contribution in [0.3, 0.4) is 0 Å². The molecule has 0 aliphatic heterocycles. The highest BCUT2D eigenvalue weighted by Crippen LogP contribution is 2.17. The van der Waals surface area contributed by atoms with Gasteiger partial charge in [-0.1, -0.05) is 12.8 Å². The van der Waals surface area contributed by atoms with E-state index in [1.807, 2.05) is 5.38 Å². The van der Waals surface area contributed by atoms with Crippen LogP contribution in [0, 0.1) is 5.41 Å². The number of nitrogens with one attached hydrogen (secondary N) is 2. The Bertz CT molecular complexity index is 389. The average molecular weight is 225 g/mol. The van der Waals surface area contributed by atoms with Gasteiger partial charge in [0.15, 0.2) is 4.80 Å². The maximum Gasteiger partial charge on any atom is 0.240 e. The van der Waals surface area contributed by atoms with E-state index in [-0.39, 0.29) is 12.5 Å². The maximum atomic E-state index is 11.6. The Morgan fingerprint density at radius 1 is 1.60 bits per heavy atom. The minimum Gasteiger partial charge on any atom is -0.352 e. The van der Waals surface area contributed by atoms with Gasteiger partial charge in [-0.15, -0.1) is 11.3 Å². The predicted octanol–water partition coefficient (Wildman–Crippen LogP) is 1.09. The Morgan fingerprint density at radius 2 is 2.33 bits per heavy atom. The highest BCUT2D eigenvalue weighted by molar-refractivity contribution is 7.06. The smallest absolute Gasteiger partial charge is 0.240 e. The summed E-state index contributed by atoms with van der Waals surface area (Å²) in [7, 11) is 0. The molecule has 1 aliphatic rings. The van der Waals surface area contributed by atoms with E-state index in [2.05, 4.69) is 5.32 Å². The first-order valence-corrected chi connectivity index (χ1v) is 6.11. The van der Waals surface area contributed by atoms with Crippen molar-refractivity contribution in [1.29, 1.82) is 5.41 Å². The van der Waals surface area contributed by atoms with Gasteiger partial charge < -0.3 is 9.88 Å². The number of hydrogen-bond acceptors (Lipinski definition) is 3. The van der Waals surface area contributed by atoms with Crippen LogP contribution in [0.15, 0.2) is 11.6 Å². The zero-order valence-electron chi connectivity index (χ0n) is 8.53. The van der Waals surface area contributed by atoms with Gasteiger partial charge >= 0.3 is 0 Å². The van der Waals surface area contributed by atoms with Gasteiger partial charge in [0.05, 0.1) is 0 Å². The van der Waals surface area contributed by atoms with Crippen LogP contribution in [0.1, 0.15) is 25.7 Å². The molecule has 0 spiro atoms. The SMILES string of the molecule is N=c1sccn1CC(=O)NC1CCCC1. The van der Waals surface area contributed by atoms with Crippen molar-refractivity contribution in [1.82, 2.24) is 9.88 Å². The second kappa shape index (κ2) is 4.61. The molecule has 0 radical (unpaired) electrons. The van der Waals surface area contributed by atoms with Crippen LogP contribution < -0.4 is 10.1 Å². The van der Waals surface area contributed by atoms with Crippen molar-refractivity contribution in [2.45, 2.75) is 38.3 Å². The molecule has 1 aliphatic carbocycles. The van der Waals surface area contributed by atoms with Crippen LogP contribution >= 0.6 is 11.3 Å². The second-order valence-electron chi connectivity index (χ2n) is 3.88. The first kappa shape index (κ1) is 10.4. The quantitative estimate of drug-likeness (QED) is 0.795. The molecule has 4 nitrogen and oxygen atoms in total. The highest BCUT2D eigenvalue weighted by Gasteiger charge is 2.16. The van der Waals surface area contributed by atoms with E-state index in [9.17, 15) is 4.79 Å². The standard InChI is InChI=1S/C10H15N3OS/c11-10-13(5-6-15-10)7-9(14)12-8-3-1-2-4-8/h5-6,8,11H,1-4,7H2,(H,12,14). The molecule has 1 aromatic heterocycles. The van der Waals surface area contributed by atoms with Crippen molar-refractivity contribution in [2.24, 2.45) is 0 Å². The van der Waals surface area contributed by atoms with Crippen LogP contribution in [-0.2, 0) is 11.3 Å². The van der Waals surface area contributed by atoms with Crippen molar-refractivity contribution in [2.75, 3.05) is 0 Å². The van der Waals surface area contributed by atoms with E-state index in [0.717, 1.165) is 12.8 Å². The molecule has 0 aromatic carbocycles. The molecule has 2 rings (SSSR count). The fourth-order valence-electron chi connectivity index (χ4n) is 1.93. The van der Waals surface area contributed by atoms with Gasteiger partial charge in [0.25, 0.3) is 0 Å². The summed E-state index contributed by atoms with van der Waals surface area (Å²) in [5, 5.41) is 12.4. The Morgan fingerprint density at radius 3 is 2.93 bits per heavy atom. The van der Waals surface area contributed by atoms with Gasteiger partial charge in [-0.05, 0) is 12.8 Å². The average Bonchev–Trinajstić information content (AvgIpc) is 2.79. The zero-order valence-corrected chi connectivity index (χ0v) is 9.35. The van der Waals surface area contributed by atoms with Crippen LogP contribution in [0.5, 0.6) is 0 Å². The number of amides is 1. The molecule has 15 heavy (non-hydrogen) atoms. The minimum atomic E-state index is 0.0267. The van der Waals surface area contributed by atoms with Gasteiger partial charge in [0, 0.05) is 17.6 Å². The highest BCUT2D eigenvalue weighted by atomic mass is 32.1. The van der Waals surface area contributed by atoms with Gasteiger partial charge in [-0.3, -0.25) is 10.2 Å². The fraction of sp³-hybridized carbons (Fsp3) is 0.600. The third-order valence-electron chi connectivity index (χ3n) is 2.72. The van der Waals surface area contributed by atoms with Gasteiger partial charge in [0.1, 0.15) is 6.54 Å². The second-order valence-corrected chi connectivity index (χ2v) is 4.78. The Labute approximate surface area is 92.4 Å². The summed E-state index contributed by atoms with van der Waals surface area (Å²) in [6.45, 7) is 0.277. The van der Waals surface area contributed by atoms with E-state index in [0.29, 0.717) is 10.8 Å². The number of carbonyl (C=O) groups is 1. The summed E-state index contributed by atoms with van der Waals surface area (Å²) < 4.78 is 1.66. The van der Waals surface area contributed by atoms with Crippen LogP contribution in [-0.4, -0.2) is 16.5 Å². The predicted molar refractivity (Wildman–Crippen MR) is 58.6 cm³/mol. The van der Waals surface area contributed by atoms with E-state index in [4.69, 9.17) is 5.41 Å². The molecule has 82 valence electrons. The Kier molecular flexibility index (Phi) is 3.20. The first-order chi connectivity index (χ1) is 7.25. The Hall–Kier alpha value is -1.10. The van der Waals surface area contributed by atoms with Crippen LogP contribution in [0.2, 0.25) is 0 Å². The lowest BCUT2D eigenvalue weighted by atomic mass is 10.2. The van der Waals surface area contributed by atoms with Crippen molar-refractivity contribution < 1.29 is 4.79 Å². The van der Waals surface area contributed by atoms with Crippen molar-refractivity contribution in [3.63, 3.8) is 0 Å². The number of aromatic nitrogens is 1. The molecular formula is C10H15N3OS. The van der Waals surface area contributed by atoms with Gasteiger partial charge in [0.2, 0.25) is 5.91 Å². The number of thiazole rings is 1. The summed E-state index contributed by atoms with van der Waals surface area (Å²) in [5.74, 6) is 0.0267. The van der Waals surface area contributed by atoms with Crippen LogP contribution in [0.25, 0.3) is 0 Å². The fourth-order valence-corrected chi connectivity index (χ4v) is 2.52. The Balaban J connectivity index is 1.87. The number of hydrogen-bond donors (Lipinski definition) is 2. The third kappa shape index (κ3) is 2.68. The molecule has 2 N–H and O–H groups in total. The number of carbonyl (C=O) groups excluding carboxylic acids is 1. The first-order valence-electron chi connectivity index (χ1n) is 5.23. The molecule has 1 fully saturated rings. The lowest BCUT2D eigenvalue weighted by Gasteiger charge is -2.11. The van der Waals surface area contributed by atoms with Gasteiger partial charge in [-0.2, -0.15) is 0 Å². The molecule has 1 amide bonds. The van der Waals surface area contributed by atoms with E-state index in [1.54, 1.807) is 10.8 Å². The zero-order chi connectivity index (χ0) is 10.7. The molecule has 0 atom stereocenters.